The number of fused-ring (bicyclic) bond motifs is 1. The summed E-state index contributed by atoms with van der Waals surface area (Å²) in [7, 11) is -3.05. The molecule has 1 aliphatic rings. The zero-order valence-electron chi connectivity index (χ0n) is 21.3. The zero-order chi connectivity index (χ0) is 28.5. The number of rotatable bonds is 10. The van der Waals surface area contributed by atoms with Gasteiger partial charge < -0.3 is 40.2 Å². The van der Waals surface area contributed by atoms with Crippen molar-refractivity contribution in [1.29, 1.82) is 0 Å². The van der Waals surface area contributed by atoms with Crippen molar-refractivity contribution in [3.05, 3.63) is 48.4 Å². The Labute approximate surface area is 228 Å². The van der Waals surface area contributed by atoms with Gasteiger partial charge in [-0.05, 0) is 26.0 Å². The number of carbonyl (C=O) groups excluding carboxylic acids is 1. The molecule has 4 unspecified atom stereocenters. The molecule has 0 spiro atoms. The third-order valence-electron chi connectivity index (χ3n) is 6.20. The van der Waals surface area contributed by atoms with Crippen LogP contribution < -0.4 is 21.1 Å². The summed E-state index contributed by atoms with van der Waals surface area (Å²) in [6.07, 6.45) is -1.20. The summed E-state index contributed by atoms with van der Waals surface area (Å²) >= 11 is 5.13. The lowest BCUT2D eigenvalue weighted by atomic mass is 9.96. The number of para-hydroxylation sites is 1. The second-order valence-electron chi connectivity index (χ2n) is 9.04. The van der Waals surface area contributed by atoms with Crippen LogP contribution in [-0.4, -0.2) is 73.3 Å². The number of esters is 1. The topological polar surface area (TPSA) is 206 Å². The van der Waals surface area contributed by atoms with Gasteiger partial charge in [-0.1, -0.05) is 30.4 Å². The molecule has 3 heterocycles. The van der Waals surface area contributed by atoms with Crippen LogP contribution in [0, 0.1) is 0 Å². The van der Waals surface area contributed by atoms with Gasteiger partial charge in [-0.15, -0.1) is 0 Å². The van der Waals surface area contributed by atoms with E-state index in [0.29, 0.717) is 10.9 Å². The Balaban J connectivity index is 1.61. The van der Waals surface area contributed by atoms with Crippen molar-refractivity contribution in [2.24, 2.45) is 5.73 Å². The van der Waals surface area contributed by atoms with Gasteiger partial charge in [0, 0.05) is 11.8 Å². The van der Waals surface area contributed by atoms with E-state index in [1.807, 2.05) is 0 Å². The normalized spacial score (nSPS) is 25.2. The van der Waals surface area contributed by atoms with Gasteiger partial charge in [0.05, 0.1) is 19.1 Å². The summed E-state index contributed by atoms with van der Waals surface area (Å²) in [5.74, 6) is -0.390. The minimum absolute atomic E-state index is 0.0168. The Kier molecular flexibility index (Phi) is 8.23. The van der Waals surface area contributed by atoms with E-state index in [1.165, 1.54) is 38.0 Å². The number of ether oxygens (including phenoxy) is 2. The van der Waals surface area contributed by atoms with Crippen molar-refractivity contribution < 1.29 is 38.1 Å². The lowest BCUT2D eigenvalue weighted by molar-refractivity contribution is -0.142. The number of aliphatic hydroxyl groups excluding tert-OH is 1. The summed E-state index contributed by atoms with van der Waals surface area (Å²) in [5.41, 5.74) is 10.6. The number of thiocarbonyl (C=S) groups is 1. The number of methoxy groups -OCH3 is 1. The lowest BCUT2D eigenvalue weighted by Gasteiger charge is -2.27. The zero-order valence-corrected chi connectivity index (χ0v) is 23.0. The first-order valence-electron chi connectivity index (χ1n) is 11.7. The van der Waals surface area contributed by atoms with Gasteiger partial charge in [0.15, 0.2) is 6.23 Å². The fourth-order valence-electron chi connectivity index (χ4n) is 4.20. The minimum Gasteiger partial charge on any atom is -0.468 e. The van der Waals surface area contributed by atoms with E-state index in [4.69, 9.17) is 37.5 Å². The number of nitrogens with one attached hydrogen (secondary N) is 1. The first-order valence-corrected chi connectivity index (χ1v) is 13.6. The highest BCUT2D eigenvalue weighted by atomic mass is 32.1. The maximum absolute atomic E-state index is 13.7. The molecule has 39 heavy (non-hydrogen) atoms. The van der Waals surface area contributed by atoms with Gasteiger partial charge in [-0.2, -0.15) is 5.09 Å². The van der Waals surface area contributed by atoms with Crippen LogP contribution in [0.25, 0.3) is 11.0 Å². The molecule has 0 saturated carbocycles. The Morgan fingerprint density at radius 1 is 1.36 bits per heavy atom. The lowest BCUT2D eigenvalue weighted by Crippen LogP contribution is -2.44. The maximum Gasteiger partial charge on any atom is 0.459 e. The molecule has 7 N–H and O–H groups in total. The molecule has 1 aliphatic heterocycles. The molecule has 1 aromatic carbocycles. The highest BCUT2D eigenvalue weighted by Gasteiger charge is 2.54. The van der Waals surface area contributed by atoms with Crippen molar-refractivity contribution in [3.8, 4) is 5.75 Å². The second-order valence-corrected chi connectivity index (χ2v) is 11.2. The van der Waals surface area contributed by atoms with E-state index in [9.17, 15) is 19.6 Å². The van der Waals surface area contributed by atoms with Crippen LogP contribution >= 0.6 is 20.0 Å². The van der Waals surface area contributed by atoms with Crippen LogP contribution in [0.5, 0.6) is 5.75 Å². The summed E-state index contributed by atoms with van der Waals surface area (Å²) in [4.78, 5) is 20.2. The quantitative estimate of drug-likeness (QED) is 0.129. The van der Waals surface area contributed by atoms with E-state index in [-0.39, 0.29) is 22.2 Å². The molecule has 1 fully saturated rings. The average Bonchev–Trinajstić information content (AvgIpc) is 3.38. The molecule has 16 heteroatoms. The monoisotopic (exact) mass is 580 g/mol. The van der Waals surface area contributed by atoms with Gasteiger partial charge >= 0.3 is 13.7 Å². The van der Waals surface area contributed by atoms with Gasteiger partial charge in [-0.3, -0.25) is 9.32 Å². The SMILES string of the molecule is COC(=O)C(C)NP(=O)(OCC1O[C@@H](n2cc(C(N)=S)c3c(N)ncnc32)[C@](C)(O)C1O)Oc1ccccc1. The Morgan fingerprint density at radius 3 is 2.69 bits per heavy atom. The highest BCUT2D eigenvalue weighted by molar-refractivity contribution is 7.80. The van der Waals surface area contributed by atoms with E-state index < -0.39 is 50.4 Å². The molecular weight excluding hydrogens is 551 g/mol. The maximum atomic E-state index is 13.7. The highest BCUT2D eigenvalue weighted by Crippen LogP contribution is 2.47. The third kappa shape index (κ3) is 5.75. The van der Waals surface area contributed by atoms with E-state index in [2.05, 4.69) is 19.8 Å². The standard InChI is InChI=1S/C23H29N6O8PS/c1-12(21(31)34-3)28-38(33,37-13-7-5-4-6-8-13)35-10-15-17(30)23(2,32)22(36-15)29-9-14(19(25)39)16-18(24)26-11-27-20(16)29/h4-9,11-12,15,17,22,30,32H,10H2,1-3H3,(H2,25,39)(H,28,33)(H2,24,26,27)/t12?,15?,17?,22-,23-,38?/m1/s1. The van der Waals surface area contributed by atoms with Crippen molar-refractivity contribution in [2.45, 2.75) is 43.9 Å². The molecule has 4 rings (SSSR count). The van der Waals surface area contributed by atoms with Crippen molar-refractivity contribution in [1.82, 2.24) is 19.6 Å². The minimum atomic E-state index is -4.23. The second kappa shape index (κ2) is 11.1. The molecule has 210 valence electrons. The summed E-state index contributed by atoms with van der Waals surface area (Å²) in [6, 6.07) is 7.09. The summed E-state index contributed by atoms with van der Waals surface area (Å²) in [5, 5.41) is 25.1. The number of anilines is 1. The molecule has 6 atom stereocenters. The molecule has 0 amide bonds. The molecule has 0 bridgehead atoms. The number of aliphatic hydroxyl groups is 2. The smallest absolute Gasteiger partial charge is 0.459 e. The van der Waals surface area contributed by atoms with E-state index in [1.54, 1.807) is 30.3 Å². The number of nitrogens with two attached hydrogens (primary N) is 2. The molecule has 2 aromatic heterocycles. The Morgan fingerprint density at radius 2 is 2.05 bits per heavy atom. The van der Waals surface area contributed by atoms with Gasteiger partial charge in [0.2, 0.25) is 0 Å². The number of nitrogen functional groups attached to an aromatic ring is 1. The van der Waals surface area contributed by atoms with Crippen LogP contribution in [0.4, 0.5) is 5.82 Å². The number of carbonyl (C=O) groups is 1. The predicted molar refractivity (Wildman–Crippen MR) is 144 cm³/mol. The summed E-state index contributed by atoms with van der Waals surface area (Å²) < 4.78 is 36.9. The third-order valence-corrected chi connectivity index (χ3v) is 8.06. The van der Waals surface area contributed by atoms with Crippen LogP contribution in [0.2, 0.25) is 0 Å². The van der Waals surface area contributed by atoms with E-state index in [0.717, 1.165) is 0 Å². The van der Waals surface area contributed by atoms with Crippen molar-refractivity contribution >= 4 is 47.8 Å². The van der Waals surface area contributed by atoms with Crippen LogP contribution in [-0.2, 0) is 23.4 Å². The molecule has 1 saturated heterocycles. The molecule has 0 aliphatic carbocycles. The molecular formula is C23H29N6O8PS. The first-order chi connectivity index (χ1) is 18.4. The van der Waals surface area contributed by atoms with E-state index >= 15 is 0 Å². The van der Waals surface area contributed by atoms with Crippen molar-refractivity contribution in [3.63, 3.8) is 0 Å². The van der Waals surface area contributed by atoms with Crippen LogP contribution in [0.15, 0.2) is 42.9 Å². The number of aromatic nitrogens is 3. The largest absolute Gasteiger partial charge is 0.468 e. The van der Waals surface area contributed by atoms with Gasteiger partial charge in [0.1, 0.15) is 52.4 Å². The number of hydrogen-bond acceptors (Lipinski definition) is 12. The van der Waals surface area contributed by atoms with Crippen molar-refractivity contribution in [2.75, 3.05) is 19.5 Å². The Hall–Kier alpha value is -3.17. The van der Waals surface area contributed by atoms with Gasteiger partial charge in [0.25, 0.3) is 0 Å². The van der Waals surface area contributed by atoms with Gasteiger partial charge in [-0.25, -0.2) is 14.5 Å². The first kappa shape index (κ1) is 28.8. The molecule has 14 nitrogen and oxygen atoms in total. The fourth-order valence-corrected chi connectivity index (χ4v) is 5.86. The molecule has 0 radical (unpaired) electrons. The summed E-state index contributed by atoms with van der Waals surface area (Å²) in [6.45, 7) is 2.27. The molecule has 3 aromatic rings. The number of nitrogens with zero attached hydrogens (tertiary/aromatic N) is 3. The Bertz CT molecular complexity index is 1420. The fraction of sp³-hybridized carbons (Fsp3) is 0.391. The number of hydrogen-bond donors (Lipinski definition) is 5. The van der Waals surface area contributed by atoms with Crippen LogP contribution in [0.3, 0.4) is 0 Å². The number of benzene rings is 1. The predicted octanol–water partition coefficient (Wildman–Crippen LogP) is 1.01. The van der Waals surface area contributed by atoms with Crippen LogP contribution in [0.1, 0.15) is 25.6 Å². The average molecular weight is 581 g/mol.